The van der Waals surface area contributed by atoms with Gasteiger partial charge in [0, 0.05) is 5.92 Å². The van der Waals surface area contributed by atoms with Gasteiger partial charge in [-0.3, -0.25) is 0 Å². The zero-order valence-electron chi connectivity index (χ0n) is 12.7. The molecule has 1 rings (SSSR count). The molecule has 0 aromatic heterocycles. The minimum atomic E-state index is -3.45. The highest BCUT2D eigenvalue weighted by atomic mass is 32.2. The number of rotatable bonds is 6. The second-order valence-electron chi connectivity index (χ2n) is 6.19. The Bertz CT molecular complexity index is 532. The smallest absolute Gasteiger partial charge is 0.209 e. The first-order valence-electron chi connectivity index (χ1n) is 6.85. The Labute approximate surface area is 122 Å². The Balaban J connectivity index is 2.69. The van der Waals surface area contributed by atoms with Crippen molar-refractivity contribution < 1.29 is 13.2 Å². The maximum atomic E-state index is 11.1. The van der Waals surface area contributed by atoms with Gasteiger partial charge in [0.25, 0.3) is 0 Å². The van der Waals surface area contributed by atoms with Crippen LogP contribution >= 0.6 is 0 Å². The third kappa shape index (κ3) is 5.92. The monoisotopic (exact) mass is 299 g/mol. The highest BCUT2D eigenvalue weighted by molar-refractivity contribution is 7.89. The average Bonchev–Trinajstić information content (AvgIpc) is 2.32. The van der Waals surface area contributed by atoms with Gasteiger partial charge in [-0.2, -0.15) is 0 Å². The van der Waals surface area contributed by atoms with E-state index in [1.165, 1.54) is 5.56 Å². The van der Waals surface area contributed by atoms with Crippen molar-refractivity contribution in [2.45, 2.75) is 39.5 Å². The molecule has 0 heterocycles. The molecule has 0 saturated heterocycles. The molecule has 1 aromatic carbocycles. The lowest BCUT2D eigenvalue weighted by atomic mass is 9.87. The van der Waals surface area contributed by atoms with Crippen molar-refractivity contribution in [2.24, 2.45) is 11.1 Å². The number of nitrogens with two attached hydrogens (primary N) is 1. The van der Waals surface area contributed by atoms with E-state index in [4.69, 9.17) is 9.88 Å². The number of hydrogen-bond acceptors (Lipinski definition) is 3. The second-order valence-corrected chi connectivity index (χ2v) is 7.85. The Kier molecular flexibility index (Phi) is 5.59. The van der Waals surface area contributed by atoms with Crippen LogP contribution in [0.5, 0.6) is 5.75 Å². The Morgan fingerprint density at radius 2 is 1.95 bits per heavy atom. The van der Waals surface area contributed by atoms with Crippen LogP contribution in [0.2, 0.25) is 0 Å². The summed E-state index contributed by atoms with van der Waals surface area (Å²) < 4.78 is 28.0. The van der Waals surface area contributed by atoms with Crippen molar-refractivity contribution in [3.8, 4) is 5.75 Å². The van der Waals surface area contributed by atoms with Crippen LogP contribution in [0.1, 0.15) is 39.7 Å². The molecule has 4 nitrogen and oxygen atoms in total. The van der Waals surface area contributed by atoms with Gasteiger partial charge in [-0.15, -0.1) is 0 Å². The number of benzene rings is 1. The number of primary sulfonamides is 1. The first kappa shape index (κ1) is 17.0. The summed E-state index contributed by atoms with van der Waals surface area (Å²) in [6, 6.07) is 7.91. The predicted molar refractivity (Wildman–Crippen MR) is 82.4 cm³/mol. The standard InChI is InChI=1S/C15H25NO3S/c1-5-12(11-20(16,17)18)10-19-14-8-6-7-13(9-14)15(2,3)4/h6-9,12H,5,10-11H2,1-4H3,(H2,16,17,18). The van der Waals surface area contributed by atoms with E-state index in [9.17, 15) is 8.42 Å². The SMILES string of the molecule is CCC(COc1cccc(C(C)(C)C)c1)CS(N)(=O)=O. The summed E-state index contributed by atoms with van der Waals surface area (Å²) in [6.45, 7) is 8.72. The summed E-state index contributed by atoms with van der Waals surface area (Å²) >= 11 is 0. The number of hydrogen-bond donors (Lipinski definition) is 1. The van der Waals surface area contributed by atoms with Gasteiger partial charge in [-0.1, -0.05) is 39.8 Å². The first-order chi connectivity index (χ1) is 9.12. The zero-order chi connectivity index (χ0) is 15.4. The predicted octanol–water partition coefficient (Wildman–Crippen LogP) is 2.68. The first-order valence-corrected chi connectivity index (χ1v) is 8.57. The van der Waals surface area contributed by atoms with Crippen molar-refractivity contribution in [1.29, 1.82) is 0 Å². The average molecular weight is 299 g/mol. The summed E-state index contributed by atoms with van der Waals surface area (Å²) in [4.78, 5) is 0. The molecule has 0 aliphatic carbocycles. The molecular formula is C15H25NO3S. The third-order valence-electron chi connectivity index (χ3n) is 3.23. The molecule has 0 saturated carbocycles. The highest BCUT2D eigenvalue weighted by Gasteiger charge is 2.16. The van der Waals surface area contributed by atoms with Crippen molar-refractivity contribution in [3.63, 3.8) is 0 Å². The molecule has 0 bridgehead atoms. The summed E-state index contributed by atoms with van der Waals surface area (Å²) in [6.07, 6.45) is 0.718. The summed E-state index contributed by atoms with van der Waals surface area (Å²) in [7, 11) is -3.45. The van der Waals surface area contributed by atoms with Crippen molar-refractivity contribution in [1.82, 2.24) is 0 Å². The highest BCUT2D eigenvalue weighted by Crippen LogP contribution is 2.25. The molecular weight excluding hydrogens is 274 g/mol. The molecule has 0 aliphatic rings. The molecule has 0 radical (unpaired) electrons. The molecule has 0 amide bonds. The van der Waals surface area contributed by atoms with Gasteiger partial charge in [0.1, 0.15) is 5.75 Å². The molecule has 0 aliphatic heterocycles. The Hall–Kier alpha value is -1.07. The van der Waals surface area contributed by atoms with E-state index in [1.807, 2.05) is 25.1 Å². The van der Waals surface area contributed by atoms with Crippen LogP contribution in [0.3, 0.4) is 0 Å². The molecule has 114 valence electrons. The largest absolute Gasteiger partial charge is 0.493 e. The van der Waals surface area contributed by atoms with Crippen LogP contribution < -0.4 is 9.88 Å². The van der Waals surface area contributed by atoms with E-state index in [0.29, 0.717) is 6.61 Å². The van der Waals surface area contributed by atoms with Gasteiger partial charge in [0.2, 0.25) is 10.0 Å². The zero-order valence-corrected chi connectivity index (χ0v) is 13.5. The minimum absolute atomic E-state index is 0.0392. The minimum Gasteiger partial charge on any atom is -0.493 e. The van der Waals surface area contributed by atoms with Crippen molar-refractivity contribution >= 4 is 10.0 Å². The van der Waals surface area contributed by atoms with Gasteiger partial charge >= 0.3 is 0 Å². The second kappa shape index (κ2) is 6.59. The summed E-state index contributed by atoms with van der Waals surface area (Å²) in [5, 5.41) is 5.08. The fourth-order valence-electron chi connectivity index (χ4n) is 1.88. The summed E-state index contributed by atoms with van der Waals surface area (Å²) in [5.74, 6) is 0.649. The molecule has 1 atom stereocenters. The quantitative estimate of drug-likeness (QED) is 0.878. The molecule has 1 aromatic rings. The van der Waals surface area contributed by atoms with E-state index < -0.39 is 10.0 Å². The van der Waals surface area contributed by atoms with E-state index in [0.717, 1.165) is 12.2 Å². The number of ether oxygens (including phenoxy) is 1. The van der Waals surface area contributed by atoms with Gasteiger partial charge in [0.15, 0.2) is 0 Å². The molecule has 1 unspecified atom stereocenters. The number of sulfonamides is 1. The van der Waals surface area contributed by atoms with Crippen LogP contribution in [-0.4, -0.2) is 20.8 Å². The van der Waals surface area contributed by atoms with Crippen LogP contribution in [0.15, 0.2) is 24.3 Å². The van der Waals surface area contributed by atoms with Crippen LogP contribution in [0.4, 0.5) is 0 Å². The lowest BCUT2D eigenvalue weighted by Gasteiger charge is -2.20. The van der Waals surface area contributed by atoms with E-state index in [-0.39, 0.29) is 17.1 Å². The Morgan fingerprint density at radius 3 is 2.45 bits per heavy atom. The Morgan fingerprint density at radius 1 is 1.30 bits per heavy atom. The maximum Gasteiger partial charge on any atom is 0.209 e. The van der Waals surface area contributed by atoms with Gasteiger partial charge in [-0.05, 0) is 29.5 Å². The van der Waals surface area contributed by atoms with Gasteiger partial charge in [-0.25, -0.2) is 13.6 Å². The fourth-order valence-corrected chi connectivity index (χ4v) is 2.87. The maximum absolute atomic E-state index is 11.1. The third-order valence-corrected chi connectivity index (χ3v) is 4.17. The summed E-state index contributed by atoms with van der Waals surface area (Å²) in [5.41, 5.74) is 1.25. The molecule has 20 heavy (non-hydrogen) atoms. The van der Waals surface area contributed by atoms with E-state index in [2.05, 4.69) is 26.8 Å². The molecule has 2 N–H and O–H groups in total. The van der Waals surface area contributed by atoms with Crippen molar-refractivity contribution in [2.75, 3.05) is 12.4 Å². The van der Waals surface area contributed by atoms with Crippen molar-refractivity contribution in [3.05, 3.63) is 29.8 Å². The van der Waals surface area contributed by atoms with Gasteiger partial charge < -0.3 is 4.74 Å². The van der Waals surface area contributed by atoms with Crippen LogP contribution in [0, 0.1) is 5.92 Å². The van der Waals surface area contributed by atoms with Crippen LogP contribution in [-0.2, 0) is 15.4 Å². The lowest BCUT2D eigenvalue weighted by molar-refractivity contribution is 0.257. The normalized spacial score (nSPS) is 14.1. The molecule has 0 spiro atoms. The molecule has 0 fully saturated rings. The van der Waals surface area contributed by atoms with E-state index >= 15 is 0 Å². The van der Waals surface area contributed by atoms with Gasteiger partial charge in [0.05, 0.1) is 12.4 Å². The van der Waals surface area contributed by atoms with Crippen LogP contribution in [0.25, 0.3) is 0 Å². The fraction of sp³-hybridized carbons (Fsp3) is 0.600. The molecule has 5 heteroatoms. The topological polar surface area (TPSA) is 69.4 Å². The lowest BCUT2D eigenvalue weighted by Crippen LogP contribution is -2.26. The van der Waals surface area contributed by atoms with E-state index in [1.54, 1.807) is 0 Å².